The number of amides is 1. The smallest absolute Gasteiger partial charge is 0.220 e. The SMILES string of the molecule is CC(C)CC(C)CC(=O)NCc1ccc2c(c1)CNC2.Cl. The fourth-order valence-corrected chi connectivity index (χ4v) is 2.94. The lowest BCUT2D eigenvalue weighted by molar-refractivity contribution is -0.122. The van der Waals surface area contributed by atoms with Crippen LogP contribution in [-0.2, 0) is 24.4 Å². The van der Waals surface area contributed by atoms with Crippen LogP contribution >= 0.6 is 12.4 Å². The first kappa shape index (κ1) is 18.0. The topological polar surface area (TPSA) is 41.1 Å². The predicted octanol–water partition coefficient (Wildman–Crippen LogP) is 3.40. The van der Waals surface area contributed by atoms with E-state index in [0.717, 1.165) is 19.5 Å². The van der Waals surface area contributed by atoms with Gasteiger partial charge in [-0.2, -0.15) is 0 Å². The Morgan fingerprint density at radius 1 is 1.24 bits per heavy atom. The summed E-state index contributed by atoms with van der Waals surface area (Å²) in [6.45, 7) is 9.11. The lowest BCUT2D eigenvalue weighted by Gasteiger charge is -2.14. The number of carbonyl (C=O) groups is 1. The van der Waals surface area contributed by atoms with Crippen molar-refractivity contribution in [2.45, 2.75) is 53.2 Å². The molecular formula is C17H27ClN2O. The molecule has 1 aromatic rings. The lowest BCUT2D eigenvalue weighted by Crippen LogP contribution is -2.24. The van der Waals surface area contributed by atoms with E-state index in [0.29, 0.717) is 24.8 Å². The van der Waals surface area contributed by atoms with E-state index in [4.69, 9.17) is 0 Å². The molecule has 0 fully saturated rings. The van der Waals surface area contributed by atoms with Crippen molar-refractivity contribution in [3.8, 4) is 0 Å². The summed E-state index contributed by atoms with van der Waals surface area (Å²) in [5.41, 5.74) is 3.94. The van der Waals surface area contributed by atoms with Gasteiger partial charge in [0, 0.05) is 26.1 Å². The molecule has 1 unspecified atom stereocenters. The molecule has 1 atom stereocenters. The Kier molecular flexibility index (Phi) is 7.20. The highest BCUT2D eigenvalue weighted by Gasteiger charge is 2.12. The summed E-state index contributed by atoms with van der Waals surface area (Å²) in [6.07, 6.45) is 1.74. The van der Waals surface area contributed by atoms with E-state index in [1.807, 2.05) is 0 Å². The van der Waals surface area contributed by atoms with Gasteiger partial charge >= 0.3 is 0 Å². The van der Waals surface area contributed by atoms with Gasteiger partial charge in [0.2, 0.25) is 5.91 Å². The molecule has 1 aliphatic heterocycles. The number of nitrogens with one attached hydrogen (secondary N) is 2. The van der Waals surface area contributed by atoms with Gasteiger partial charge in [0.1, 0.15) is 0 Å². The van der Waals surface area contributed by atoms with E-state index in [2.05, 4.69) is 49.6 Å². The number of hydrogen-bond donors (Lipinski definition) is 2. The maximum absolute atomic E-state index is 11.9. The maximum Gasteiger partial charge on any atom is 0.220 e. The Morgan fingerprint density at radius 3 is 2.67 bits per heavy atom. The second-order valence-electron chi connectivity index (χ2n) is 6.42. The van der Waals surface area contributed by atoms with Crippen molar-refractivity contribution < 1.29 is 4.79 Å². The van der Waals surface area contributed by atoms with Crippen molar-refractivity contribution in [3.63, 3.8) is 0 Å². The average molecular weight is 311 g/mol. The van der Waals surface area contributed by atoms with Crippen LogP contribution in [0.15, 0.2) is 18.2 Å². The molecular weight excluding hydrogens is 284 g/mol. The van der Waals surface area contributed by atoms with Crippen molar-refractivity contribution in [2.24, 2.45) is 11.8 Å². The van der Waals surface area contributed by atoms with Crippen LogP contribution in [-0.4, -0.2) is 5.91 Å². The normalized spacial score (nSPS) is 14.5. The van der Waals surface area contributed by atoms with Crippen molar-refractivity contribution in [1.29, 1.82) is 0 Å². The third-order valence-corrected chi connectivity index (χ3v) is 3.80. The van der Waals surface area contributed by atoms with E-state index in [-0.39, 0.29) is 18.3 Å². The lowest BCUT2D eigenvalue weighted by atomic mass is 9.96. The molecule has 0 bridgehead atoms. The summed E-state index contributed by atoms with van der Waals surface area (Å²) in [4.78, 5) is 11.9. The zero-order chi connectivity index (χ0) is 14.5. The van der Waals surface area contributed by atoms with Crippen LogP contribution in [0.4, 0.5) is 0 Å². The minimum atomic E-state index is 0. The molecule has 0 saturated carbocycles. The van der Waals surface area contributed by atoms with E-state index >= 15 is 0 Å². The van der Waals surface area contributed by atoms with E-state index < -0.39 is 0 Å². The quantitative estimate of drug-likeness (QED) is 0.845. The van der Waals surface area contributed by atoms with Crippen LogP contribution in [0.2, 0.25) is 0 Å². The van der Waals surface area contributed by atoms with Crippen molar-refractivity contribution >= 4 is 18.3 Å². The number of hydrogen-bond acceptors (Lipinski definition) is 2. The number of fused-ring (bicyclic) bond motifs is 1. The Labute approximate surface area is 134 Å². The van der Waals surface area contributed by atoms with Crippen LogP contribution in [0.25, 0.3) is 0 Å². The van der Waals surface area contributed by atoms with Gasteiger partial charge < -0.3 is 10.6 Å². The summed E-state index contributed by atoms with van der Waals surface area (Å²) < 4.78 is 0. The largest absolute Gasteiger partial charge is 0.352 e. The van der Waals surface area contributed by atoms with Gasteiger partial charge in [-0.15, -0.1) is 12.4 Å². The standard InChI is InChI=1S/C17H26N2O.ClH/c1-12(2)6-13(3)7-17(20)19-9-14-4-5-15-10-18-11-16(15)8-14;/h4-5,8,12-13,18H,6-7,9-11H2,1-3H3,(H,19,20);1H. The van der Waals surface area contributed by atoms with E-state index in [9.17, 15) is 4.79 Å². The van der Waals surface area contributed by atoms with Gasteiger partial charge in [-0.25, -0.2) is 0 Å². The number of halogens is 1. The highest BCUT2D eigenvalue weighted by atomic mass is 35.5. The van der Waals surface area contributed by atoms with Gasteiger partial charge in [0.05, 0.1) is 0 Å². The fraction of sp³-hybridized carbons (Fsp3) is 0.588. The molecule has 0 saturated heterocycles. The Hall–Kier alpha value is -1.06. The molecule has 2 rings (SSSR count). The maximum atomic E-state index is 11.9. The highest BCUT2D eigenvalue weighted by Crippen LogP contribution is 2.17. The highest BCUT2D eigenvalue weighted by molar-refractivity contribution is 5.85. The summed E-state index contributed by atoms with van der Waals surface area (Å²) >= 11 is 0. The molecule has 3 nitrogen and oxygen atoms in total. The van der Waals surface area contributed by atoms with Crippen LogP contribution < -0.4 is 10.6 Å². The molecule has 1 aromatic carbocycles. The summed E-state index contributed by atoms with van der Waals surface area (Å²) in [7, 11) is 0. The average Bonchev–Trinajstić information content (AvgIpc) is 2.82. The predicted molar refractivity (Wildman–Crippen MR) is 89.3 cm³/mol. The monoisotopic (exact) mass is 310 g/mol. The molecule has 2 N–H and O–H groups in total. The molecule has 1 amide bonds. The number of carbonyl (C=O) groups excluding carboxylic acids is 1. The van der Waals surface area contributed by atoms with E-state index in [1.54, 1.807) is 0 Å². The van der Waals surface area contributed by atoms with Gasteiger partial charge in [-0.05, 0) is 34.9 Å². The molecule has 1 heterocycles. The van der Waals surface area contributed by atoms with Crippen molar-refractivity contribution in [3.05, 3.63) is 34.9 Å². The Bertz CT molecular complexity index is 474. The second-order valence-corrected chi connectivity index (χ2v) is 6.42. The molecule has 0 aromatic heterocycles. The van der Waals surface area contributed by atoms with Crippen molar-refractivity contribution in [1.82, 2.24) is 10.6 Å². The van der Waals surface area contributed by atoms with Crippen LogP contribution in [0, 0.1) is 11.8 Å². The van der Waals surface area contributed by atoms with Crippen LogP contribution in [0.1, 0.15) is 50.3 Å². The molecule has 21 heavy (non-hydrogen) atoms. The molecule has 0 aliphatic carbocycles. The second kappa shape index (κ2) is 8.40. The Morgan fingerprint density at radius 2 is 1.95 bits per heavy atom. The summed E-state index contributed by atoms with van der Waals surface area (Å²) in [5, 5.41) is 6.37. The molecule has 118 valence electrons. The third-order valence-electron chi connectivity index (χ3n) is 3.80. The first-order valence-electron chi connectivity index (χ1n) is 7.62. The zero-order valence-electron chi connectivity index (χ0n) is 13.2. The van der Waals surface area contributed by atoms with Gasteiger partial charge in [-0.1, -0.05) is 39.0 Å². The minimum Gasteiger partial charge on any atom is -0.352 e. The first-order valence-corrected chi connectivity index (χ1v) is 7.62. The molecule has 1 aliphatic rings. The van der Waals surface area contributed by atoms with Gasteiger partial charge in [0.25, 0.3) is 0 Å². The zero-order valence-corrected chi connectivity index (χ0v) is 14.1. The number of benzene rings is 1. The summed E-state index contributed by atoms with van der Waals surface area (Å²) in [5.74, 6) is 1.28. The van der Waals surface area contributed by atoms with Crippen LogP contribution in [0.3, 0.4) is 0 Å². The van der Waals surface area contributed by atoms with Gasteiger partial charge in [0.15, 0.2) is 0 Å². The van der Waals surface area contributed by atoms with Crippen LogP contribution in [0.5, 0.6) is 0 Å². The van der Waals surface area contributed by atoms with Gasteiger partial charge in [-0.3, -0.25) is 4.79 Å². The van der Waals surface area contributed by atoms with E-state index in [1.165, 1.54) is 16.7 Å². The fourth-order valence-electron chi connectivity index (χ4n) is 2.94. The number of rotatable bonds is 6. The minimum absolute atomic E-state index is 0. The molecule has 0 spiro atoms. The molecule has 4 heteroatoms. The van der Waals surface area contributed by atoms with Crippen molar-refractivity contribution in [2.75, 3.05) is 0 Å². The third kappa shape index (κ3) is 5.68. The first-order chi connectivity index (χ1) is 9.54. The summed E-state index contributed by atoms with van der Waals surface area (Å²) in [6, 6.07) is 6.48. The Balaban J connectivity index is 0.00000220. The molecule has 0 radical (unpaired) electrons.